The molecule has 0 saturated heterocycles. The summed E-state index contributed by atoms with van der Waals surface area (Å²) in [5, 5.41) is 8.67. The van der Waals surface area contributed by atoms with E-state index in [1.807, 2.05) is 0 Å². The SMILES string of the molecule is NCC(=O)N(CC(=O)O)C(=O)C(N)Cc1cnc[nH]1. The number of imide groups is 1. The fraction of sp³-hybridized carbons (Fsp3) is 0.400. The second kappa shape index (κ2) is 6.61. The molecule has 1 aromatic rings. The van der Waals surface area contributed by atoms with Crippen LogP contribution in [0.1, 0.15) is 5.69 Å². The number of nitrogens with one attached hydrogen (secondary N) is 1. The number of hydrogen-bond acceptors (Lipinski definition) is 6. The molecule has 9 heteroatoms. The summed E-state index contributed by atoms with van der Waals surface area (Å²) in [5.74, 6) is -2.89. The maximum atomic E-state index is 11.9. The van der Waals surface area contributed by atoms with Gasteiger partial charge in [-0.3, -0.25) is 19.3 Å². The molecule has 0 fully saturated rings. The molecule has 0 saturated carbocycles. The van der Waals surface area contributed by atoms with Crippen LogP contribution in [0, 0.1) is 0 Å². The average molecular weight is 269 g/mol. The predicted octanol–water partition coefficient (Wildman–Crippen LogP) is -2.32. The molecule has 104 valence electrons. The Labute approximate surface area is 108 Å². The van der Waals surface area contributed by atoms with E-state index in [4.69, 9.17) is 16.6 Å². The minimum absolute atomic E-state index is 0.118. The first kappa shape index (κ1) is 14.8. The van der Waals surface area contributed by atoms with E-state index < -0.39 is 36.9 Å². The summed E-state index contributed by atoms with van der Waals surface area (Å²) in [5.41, 5.74) is 11.4. The van der Waals surface area contributed by atoms with E-state index in [1.54, 1.807) is 0 Å². The number of nitrogens with two attached hydrogens (primary N) is 2. The highest BCUT2D eigenvalue weighted by Gasteiger charge is 2.27. The van der Waals surface area contributed by atoms with Gasteiger partial charge in [0.25, 0.3) is 0 Å². The third-order valence-corrected chi connectivity index (χ3v) is 2.35. The zero-order valence-electron chi connectivity index (χ0n) is 10.1. The highest BCUT2D eigenvalue weighted by atomic mass is 16.4. The first-order valence-electron chi connectivity index (χ1n) is 5.44. The van der Waals surface area contributed by atoms with Gasteiger partial charge >= 0.3 is 5.97 Å². The summed E-state index contributed by atoms with van der Waals surface area (Å²) in [6, 6.07) is -1.05. The molecule has 1 aromatic heterocycles. The van der Waals surface area contributed by atoms with E-state index in [9.17, 15) is 14.4 Å². The zero-order chi connectivity index (χ0) is 14.4. The fourth-order valence-electron chi connectivity index (χ4n) is 1.46. The van der Waals surface area contributed by atoms with Crippen LogP contribution in [0.4, 0.5) is 0 Å². The molecule has 2 amide bonds. The van der Waals surface area contributed by atoms with Gasteiger partial charge in [0.15, 0.2) is 0 Å². The van der Waals surface area contributed by atoms with Crippen molar-refractivity contribution in [2.75, 3.05) is 13.1 Å². The van der Waals surface area contributed by atoms with Gasteiger partial charge in [-0.25, -0.2) is 4.98 Å². The second-order valence-corrected chi connectivity index (χ2v) is 3.80. The lowest BCUT2D eigenvalue weighted by Gasteiger charge is -2.21. The Balaban J connectivity index is 2.74. The Morgan fingerprint density at radius 3 is 2.63 bits per heavy atom. The van der Waals surface area contributed by atoms with Crippen LogP contribution in [0.3, 0.4) is 0 Å². The molecule has 1 heterocycles. The smallest absolute Gasteiger partial charge is 0.323 e. The van der Waals surface area contributed by atoms with Crippen molar-refractivity contribution in [2.24, 2.45) is 11.5 Å². The lowest BCUT2D eigenvalue weighted by Crippen LogP contribution is -2.51. The molecular weight excluding hydrogens is 254 g/mol. The van der Waals surface area contributed by atoms with Crippen LogP contribution in [0.2, 0.25) is 0 Å². The van der Waals surface area contributed by atoms with E-state index in [0.29, 0.717) is 10.6 Å². The van der Waals surface area contributed by atoms with Gasteiger partial charge in [-0.1, -0.05) is 0 Å². The van der Waals surface area contributed by atoms with Crippen LogP contribution >= 0.6 is 0 Å². The number of carbonyl (C=O) groups is 3. The third-order valence-electron chi connectivity index (χ3n) is 2.35. The molecule has 9 nitrogen and oxygen atoms in total. The maximum Gasteiger partial charge on any atom is 0.323 e. The fourth-order valence-corrected chi connectivity index (χ4v) is 1.46. The minimum atomic E-state index is -1.32. The summed E-state index contributed by atoms with van der Waals surface area (Å²) < 4.78 is 0. The number of carboxylic acid groups (broad SMARTS) is 1. The molecule has 6 N–H and O–H groups in total. The van der Waals surface area contributed by atoms with Crippen molar-refractivity contribution in [1.29, 1.82) is 0 Å². The van der Waals surface area contributed by atoms with Gasteiger partial charge in [0.1, 0.15) is 6.54 Å². The average Bonchev–Trinajstić information content (AvgIpc) is 2.86. The Morgan fingerprint density at radius 1 is 1.47 bits per heavy atom. The molecular formula is C10H15N5O4. The van der Waals surface area contributed by atoms with E-state index in [1.165, 1.54) is 12.5 Å². The van der Waals surface area contributed by atoms with Crippen LogP contribution in [-0.2, 0) is 20.8 Å². The van der Waals surface area contributed by atoms with Crippen LogP contribution in [0.15, 0.2) is 12.5 Å². The van der Waals surface area contributed by atoms with Crippen LogP contribution < -0.4 is 11.5 Å². The Morgan fingerprint density at radius 2 is 2.16 bits per heavy atom. The first-order chi connectivity index (χ1) is 8.95. The molecule has 0 aromatic carbocycles. The number of aromatic amines is 1. The molecule has 0 bridgehead atoms. The van der Waals surface area contributed by atoms with Gasteiger partial charge in [0.05, 0.1) is 18.9 Å². The Hall–Kier alpha value is -2.26. The van der Waals surface area contributed by atoms with Gasteiger partial charge in [-0.05, 0) is 0 Å². The van der Waals surface area contributed by atoms with Gasteiger partial charge in [-0.2, -0.15) is 0 Å². The molecule has 1 rings (SSSR count). The van der Waals surface area contributed by atoms with Gasteiger partial charge in [0.2, 0.25) is 11.8 Å². The van der Waals surface area contributed by atoms with Crippen molar-refractivity contribution in [1.82, 2.24) is 14.9 Å². The van der Waals surface area contributed by atoms with E-state index >= 15 is 0 Å². The molecule has 0 aliphatic heterocycles. The summed E-state index contributed by atoms with van der Waals surface area (Å²) in [6.07, 6.45) is 3.03. The van der Waals surface area contributed by atoms with Crippen molar-refractivity contribution < 1.29 is 19.5 Å². The number of aromatic nitrogens is 2. The van der Waals surface area contributed by atoms with E-state index in [2.05, 4.69) is 9.97 Å². The lowest BCUT2D eigenvalue weighted by atomic mass is 10.1. The van der Waals surface area contributed by atoms with Crippen molar-refractivity contribution in [2.45, 2.75) is 12.5 Å². The molecule has 0 radical (unpaired) electrons. The second-order valence-electron chi connectivity index (χ2n) is 3.80. The van der Waals surface area contributed by atoms with Gasteiger partial charge in [-0.15, -0.1) is 0 Å². The molecule has 0 aliphatic carbocycles. The predicted molar refractivity (Wildman–Crippen MR) is 63.7 cm³/mol. The largest absolute Gasteiger partial charge is 0.480 e. The highest BCUT2D eigenvalue weighted by Crippen LogP contribution is 2.01. The van der Waals surface area contributed by atoms with Crippen LogP contribution in [0.25, 0.3) is 0 Å². The first-order valence-corrected chi connectivity index (χ1v) is 5.44. The minimum Gasteiger partial charge on any atom is -0.480 e. The zero-order valence-corrected chi connectivity index (χ0v) is 10.1. The summed E-state index contributed by atoms with van der Waals surface area (Å²) >= 11 is 0. The molecule has 0 spiro atoms. The number of nitrogens with zero attached hydrogens (tertiary/aromatic N) is 2. The van der Waals surface area contributed by atoms with E-state index in [-0.39, 0.29) is 6.42 Å². The summed E-state index contributed by atoms with van der Waals surface area (Å²) in [6.45, 7) is -1.22. The van der Waals surface area contributed by atoms with Gasteiger partial charge < -0.3 is 21.6 Å². The topological polar surface area (TPSA) is 155 Å². The van der Waals surface area contributed by atoms with Crippen molar-refractivity contribution in [3.8, 4) is 0 Å². The molecule has 1 unspecified atom stereocenters. The lowest BCUT2D eigenvalue weighted by molar-refractivity contribution is -0.152. The third kappa shape index (κ3) is 4.16. The van der Waals surface area contributed by atoms with Crippen molar-refractivity contribution in [3.05, 3.63) is 18.2 Å². The quantitative estimate of drug-likeness (QED) is 0.451. The molecule has 0 aliphatic rings. The summed E-state index contributed by atoms with van der Waals surface area (Å²) in [4.78, 5) is 41.1. The number of H-pyrrole nitrogens is 1. The monoisotopic (exact) mass is 269 g/mol. The van der Waals surface area contributed by atoms with Gasteiger partial charge in [0, 0.05) is 18.3 Å². The standard InChI is InChI=1S/C10H15N5O4/c11-2-8(16)15(4-9(17)18)10(19)7(12)1-6-3-13-5-14-6/h3,5,7H,1-2,4,11-12H2,(H,13,14)(H,17,18). The number of amides is 2. The van der Waals surface area contributed by atoms with Crippen molar-refractivity contribution in [3.63, 3.8) is 0 Å². The maximum absolute atomic E-state index is 11.9. The normalized spacial score (nSPS) is 11.9. The number of imidazole rings is 1. The molecule has 19 heavy (non-hydrogen) atoms. The van der Waals surface area contributed by atoms with Crippen LogP contribution in [0.5, 0.6) is 0 Å². The summed E-state index contributed by atoms with van der Waals surface area (Å²) in [7, 11) is 0. The molecule has 1 atom stereocenters. The van der Waals surface area contributed by atoms with Crippen LogP contribution in [-0.4, -0.2) is 56.9 Å². The number of carbonyl (C=O) groups excluding carboxylic acids is 2. The van der Waals surface area contributed by atoms with E-state index in [0.717, 1.165) is 0 Å². The van der Waals surface area contributed by atoms with Crippen molar-refractivity contribution >= 4 is 17.8 Å². The number of carboxylic acids is 1. The Kier molecular flexibility index (Phi) is 5.15. The number of rotatable bonds is 6. The number of hydrogen-bond donors (Lipinski definition) is 4. The number of aliphatic carboxylic acids is 1. The highest BCUT2D eigenvalue weighted by molar-refractivity contribution is 6.00. The Bertz CT molecular complexity index is 458.